The van der Waals surface area contributed by atoms with E-state index < -0.39 is 12.1 Å². The fraction of sp³-hybridized carbons (Fsp3) is 0.222. The normalized spacial score (nSPS) is 11.3. The Morgan fingerprint density at radius 2 is 2.00 bits per heavy atom. The molecule has 1 aromatic carbocycles. The fourth-order valence-electron chi connectivity index (χ4n) is 0.922. The van der Waals surface area contributed by atoms with Crippen LogP contribution in [-0.4, -0.2) is 12.1 Å². The Balaban J connectivity index is 2.90. The molecule has 0 heterocycles. The van der Waals surface area contributed by atoms with E-state index in [1.54, 1.807) is 12.2 Å². The van der Waals surface area contributed by atoms with Crippen molar-refractivity contribution in [2.24, 2.45) is 0 Å². The molecule has 0 aliphatic rings. The summed E-state index contributed by atoms with van der Waals surface area (Å²) in [4.78, 5) is 10.6. The van der Waals surface area contributed by atoms with E-state index in [0.29, 0.717) is 5.56 Å². The van der Waals surface area contributed by atoms with Crippen LogP contribution in [0, 0.1) is 6.92 Å². The molecule has 6 heteroatoms. The molecular weight excluding hydrogens is 231 g/mol. The molecule has 0 aliphatic heterocycles. The van der Waals surface area contributed by atoms with Crippen LogP contribution in [0.5, 0.6) is 0 Å². The lowest BCUT2D eigenvalue weighted by molar-refractivity contribution is -0.167. The molecule has 2 nitrogen and oxygen atoms in total. The van der Waals surface area contributed by atoms with Crippen LogP contribution < -0.4 is 5.32 Å². The van der Waals surface area contributed by atoms with Crippen molar-refractivity contribution >= 4 is 23.2 Å². The molecule has 0 aliphatic carbocycles. The van der Waals surface area contributed by atoms with Gasteiger partial charge in [-0.15, -0.1) is 0 Å². The van der Waals surface area contributed by atoms with Crippen LogP contribution >= 0.6 is 11.6 Å². The van der Waals surface area contributed by atoms with Gasteiger partial charge in [0.15, 0.2) is 0 Å². The number of amides is 1. The number of carbonyl (C=O) groups excluding carboxylic acids is 1. The molecule has 82 valence electrons. The first kappa shape index (κ1) is 11.8. The minimum absolute atomic E-state index is 0.0600. The summed E-state index contributed by atoms with van der Waals surface area (Å²) in [5, 5.41) is 2.00. The molecule has 0 atom stereocenters. The summed E-state index contributed by atoms with van der Waals surface area (Å²) in [6, 6.07) is 4.31. The molecule has 0 bridgehead atoms. The molecule has 0 fully saturated rings. The number of anilines is 1. The van der Waals surface area contributed by atoms with Gasteiger partial charge in [-0.25, -0.2) is 0 Å². The van der Waals surface area contributed by atoms with Gasteiger partial charge in [0.1, 0.15) is 0 Å². The van der Waals surface area contributed by atoms with Crippen LogP contribution in [0.3, 0.4) is 0 Å². The van der Waals surface area contributed by atoms with Gasteiger partial charge in [0.05, 0.1) is 0 Å². The van der Waals surface area contributed by atoms with Gasteiger partial charge >= 0.3 is 12.1 Å². The zero-order valence-electron chi connectivity index (χ0n) is 7.65. The smallest absolute Gasteiger partial charge is 0.318 e. The van der Waals surface area contributed by atoms with Gasteiger partial charge in [-0.05, 0) is 24.6 Å². The Kier molecular flexibility index (Phi) is 3.24. The molecule has 1 aromatic rings. The molecule has 1 rings (SSSR count). The number of hydrogen-bond acceptors (Lipinski definition) is 1. The number of aryl methyl sites for hydroxylation is 1. The predicted molar refractivity (Wildman–Crippen MR) is 50.9 cm³/mol. The molecule has 0 unspecified atom stereocenters. The summed E-state index contributed by atoms with van der Waals surface area (Å²) in [5.41, 5.74) is 0.571. The van der Waals surface area contributed by atoms with Crippen LogP contribution in [-0.2, 0) is 4.79 Å². The van der Waals surface area contributed by atoms with Crippen molar-refractivity contribution in [3.8, 4) is 0 Å². The van der Waals surface area contributed by atoms with Gasteiger partial charge in [0, 0.05) is 10.7 Å². The van der Waals surface area contributed by atoms with E-state index in [1.807, 2.05) is 0 Å². The number of hydrogen-bond donors (Lipinski definition) is 1. The first-order valence-electron chi connectivity index (χ1n) is 3.95. The van der Waals surface area contributed by atoms with Crippen molar-refractivity contribution in [1.29, 1.82) is 0 Å². The van der Waals surface area contributed by atoms with Gasteiger partial charge in [0.2, 0.25) is 0 Å². The first-order valence-corrected chi connectivity index (χ1v) is 4.33. The molecule has 0 aromatic heterocycles. The Morgan fingerprint density at radius 3 is 2.53 bits per heavy atom. The highest BCUT2D eigenvalue weighted by Gasteiger charge is 2.38. The predicted octanol–water partition coefficient (Wildman–Crippen LogP) is 3.15. The third kappa shape index (κ3) is 3.13. The van der Waals surface area contributed by atoms with Gasteiger partial charge in [-0.2, -0.15) is 13.2 Å². The maximum absolute atomic E-state index is 11.9. The third-order valence-electron chi connectivity index (χ3n) is 1.71. The van der Waals surface area contributed by atoms with Crippen molar-refractivity contribution in [1.82, 2.24) is 0 Å². The zero-order chi connectivity index (χ0) is 11.6. The number of rotatable bonds is 1. The van der Waals surface area contributed by atoms with Crippen LogP contribution in [0.2, 0.25) is 5.02 Å². The summed E-state index contributed by atoms with van der Waals surface area (Å²) in [7, 11) is 0. The molecule has 0 saturated heterocycles. The number of benzene rings is 1. The summed E-state index contributed by atoms with van der Waals surface area (Å²) in [5.74, 6) is -2.01. The number of nitrogens with one attached hydrogen (secondary N) is 1. The van der Waals surface area contributed by atoms with E-state index in [-0.39, 0.29) is 10.7 Å². The highest BCUT2D eigenvalue weighted by atomic mass is 35.5. The van der Waals surface area contributed by atoms with Crippen molar-refractivity contribution in [3.05, 3.63) is 28.8 Å². The fourth-order valence-corrected chi connectivity index (χ4v) is 1.09. The molecule has 1 N–H and O–H groups in total. The van der Waals surface area contributed by atoms with Crippen LogP contribution in [0.15, 0.2) is 18.2 Å². The van der Waals surface area contributed by atoms with Crippen molar-refractivity contribution < 1.29 is 18.0 Å². The monoisotopic (exact) mass is 237 g/mol. The minimum Gasteiger partial charge on any atom is -0.318 e. The van der Waals surface area contributed by atoms with E-state index in [2.05, 4.69) is 0 Å². The number of halogens is 4. The topological polar surface area (TPSA) is 29.1 Å². The van der Waals surface area contributed by atoms with Crippen LogP contribution in [0.4, 0.5) is 18.9 Å². The summed E-state index contributed by atoms with van der Waals surface area (Å²) >= 11 is 5.58. The van der Waals surface area contributed by atoms with Crippen LogP contribution in [0.1, 0.15) is 5.56 Å². The second kappa shape index (κ2) is 4.10. The van der Waals surface area contributed by atoms with E-state index in [9.17, 15) is 18.0 Å². The second-order valence-corrected chi connectivity index (χ2v) is 3.35. The Hall–Kier alpha value is -1.23. The zero-order valence-corrected chi connectivity index (χ0v) is 8.41. The van der Waals surface area contributed by atoms with E-state index in [0.717, 1.165) is 0 Å². The van der Waals surface area contributed by atoms with Gasteiger partial charge in [0.25, 0.3) is 0 Å². The molecule has 1 amide bonds. The van der Waals surface area contributed by atoms with Gasteiger partial charge < -0.3 is 5.32 Å². The quantitative estimate of drug-likeness (QED) is 0.799. The summed E-state index contributed by atoms with van der Waals surface area (Å²) in [6.07, 6.45) is -4.89. The van der Waals surface area contributed by atoms with Crippen molar-refractivity contribution in [2.75, 3.05) is 5.32 Å². The number of carbonyl (C=O) groups is 1. The maximum Gasteiger partial charge on any atom is 0.471 e. The summed E-state index contributed by atoms with van der Waals surface area (Å²) in [6.45, 7) is 1.57. The largest absolute Gasteiger partial charge is 0.471 e. The van der Waals surface area contributed by atoms with E-state index in [1.165, 1.54) is 18.2 Å². The minimum atomic E-state index is -4.89. The van der Waals surface area contributed by atoms with E-state index >= 15 is 0 Å². The maximum atomic E-state index is 11.9. The molecule has 0 spiro atoms. The van der Waals surface area contributed by atoms with Gasteiger partial charge in [-0.1, -0.05) is 17.7 Å². The number of alkyl halides is 3. The Labute approximate surface area is 89.0 Å². The highest BCUT2D eigenvalue weighted by molar-refractivity contribution is 6.31. The Morgan fingerprint density at radius 1 is 1.40 bits per heavy atom. The Bertz CT molecular complexity index is 389. The lowest BCUT2D eigenvalue weighted by Crippen LogP contribution is -2.30. The molecule has 0 saturated carbocycles. The molecular formula is C9H7ClF3NO. The SMILES string of the molecule is Cc1ccc(Cl)cc1NC(=O)C(F)(F)F. The average Bonchev–Trinajstić information content (AvgIpc) is 2.09. The summed E-state index contributed by atoms with van der Waals surface area (Å²) < 4.78 is 35.8. The van der Waals surface area contributed by atoms with Crippen molar-refractivity contribution in [3.63, 3.8) is 0 Å². The van der Waals surface area contributed by atoms with Crippen LogP contribution in [0.25, 0.3) is 0 Å². The highest BCUT2D eigenvalue weighted by Crippen LogP contribution is 2.23. The standard InChI is InChI=1S/C9H7ClF3NO/c1-5-2-3-6(10)4-7(5)14-8(15)9(11,12)13/h2-4H,1H3,(H,14,15). The first-order chi connectivity index (χ1) is 6.80. The van der Waals surface area contributed by atoms with Crippen molar-refractivity contribution in [2.45, 2.75) is 13.1 Å². The third-order valence-corrected chi connectivity index (χ3v) is 1.94. The lowest BCUT2D eigenvalue weighted by Gasteiger charge is -2.10. The lowest BCUT2D eigenvalue weighted by atomic mass is 10.2. The van der Waals surface area contributed by atoms with E-state index in [4.69, 9.17) is 11.6 Å². The van der Waals surface area contributed by atoms with Gasteiger partial charge in [-0.3, -0.25) is 4.79 Å². The second-order valence-electron chi connectivity index (χ2n) is 2.91. The average molecular weight is 238 g/mol. The molecule has 15 heavy (non-hydrogen) atoms. The molecule has 0 radical (unpaired) electrons.